The summed E-state index contributed by atoms with van der Waals surface area (Å²) in [5.74, 6) is 0.774. The Kier molecular flexibility index (Phi) is 4.93. The van der Waals surface area contributed by atoms with Crippen LogP contribution in [0.15, 0.2) is 12.4 Å². The summed E-state index contributed by atoms with van der Waals surface area (Å²) in [5.41, 5.74) is -0.261. The van der Waals surface area contributed by atoms with Gasteiger partial charge in [0, 0.05) is 31.4 Å². The van der Waals surface area contributed by atoms with E-state index in [1.807, 2.05) is 0 Å². The molecular formula is C17H27N3O2. The first-order valence-corrected chi connectivity index (χ1v) is 8.63. The number of ether oxygens (including phenoxy) is 1. The topological polar surface area (TPSA) is 58.5 Å². The van der Waals surface area contributed by atoms with Crippen molar-refractivity contribution in [2.45, 2.75) is 51.0 Å². The number of piperidine rings is 1. The number of aromatic nitrogens is 2. The molecule has 2 fully saturated rings. The van der Waals surface area contributed by atoms with Gasteiger partial charge in [0.25, 0.3) is 0 Å². The Bertz CT molecular complexity index is 497. The Labute approximate surface area is 132 Å². The first-order valence-electron chi connectivity index (χ1n) is 8.63. The van der Waals surface area contributed by atoms with Gasteiger partial charge in [0.15, 0.2) is 0 Å². The molecule has 5 heteroatoms. The van der Waals surface area contributed by atoms with Gasteiger partial charge in [-0.2, -0.15) is 0 Å². The van der Waals surface area contributed by atoms with E-state index in [-0.39, 0.29) is 5.92 Å². The smallest absolute Gasteiger partial charge is 0.238 e. The van der Waals surface area contributed by atoms with Crippen LogP contribution in [-0.4, -0.2) is 46.2 Å². The SMILES string of the molecule is CCCCCCOc1nccnc1[C@@]1(O)CN2CCC[C@H]1C2. The van der Waals surface area contributed by atoms with E-state index in [9.17, 15) is 5.11 Å². The zero-order chi connectivity index (χ0) is 15.4. The van der Waals surface area contributed by atoms with E-state index in [2.05, 4.69) is 21.8 Å². The highest BCUT2D eigenvalue weighted by atomic mass is 16.5. The molecular weight excluding hydrogens is 278 g/mol. The molecule has 5 nitrogen and oxygen atoms in total. The predicted octanol–water partition coefficient (Wildman–Crippen LogP) is 2.35. The average molecular weight is 305 g/mol. The van der Waals surface area contributed by atoms with Gasteiger partial charge < -0.3 is 9.84 Å². The maximum Gasteiger partial charge on any atom is 0.238 e. The predicted molar refractivity (Wildman–Crippen MR) is 84.7 cm³/mol. The Morgan fingerprint density at radius 2 is 2.18 bits per heavy atom. The molecule has 2 saturated heterocycles. The number of rotatable bonds is 7. The van der Waals surface area contributed by atoms with Crippen molar-refractivity contribution < 1.29 is 9.84 Å². The fourth-order valence-electron chi connectivity index (χ4n) is 3.75. The van der Waals surface area contributed by atoms with Crippen LogP contribution in [0.2, 0.25) is 0 Å². The summed E-state index contributed by atoms with van der Waals surface area (Å²) in [4.78, 5) is 11.1. The van der Waals surface area contributed by atoms with Crippen molar-refractivity contribution in [2.75, 3.05) is 26.2 Å². The van der Waals surface area contributed by atoms with E-state index in [1.165, 1.54) is 19.3 Å². The molecule has 0 aromatic carbocycles. The van der Waals surface area contributed by atoms with Crippen molar-refractivity contribution in [2.24, 2.45) is 5.92 Å². The van der Waals surface area contributed by atoms with Crippen LogP contribution in [0.5, 0.6) is 5.88 Å². The second-order valence-electron chi connectivity index (χ2n) is 6.62. The van der Waals surface area contributed by atoms with E-state index < -0.39 is 5.60 Å². The molecule has 0 aliphatic carbocycles. The van der Waals surface area contributed by atoms with Gasteiger partial charge in [0.2, 0.25) is 5.88 Å². The molecule has 1 unspecified atom stereocenters. The van der Waals surface area contributed by atoms with E-state index in [1.54, 1.807) is 12.4 Å². The number of hydrogen-bond donors (Lipinski definition) is 1. The van der Waals surface area contributed by atoms with Gasteiger partial charge in [-0.25, -0.2) is 4.98 Å². The third-order valence-electron chi connectivity index (χ3n) is 4.96. The van der Waals surface area contributed by atoms with Gasteiger partial charge in [0.1, 0.15) is 11.3 Å². The molecule has 0 amide bonds. The third kappa shape index (κ3) is 3.10. The molecule has 1 N–H and O–H groups in total. The monoisotopic (exact) mass is 305 g/mol. The lowest BCUT2D eigenvalue weighted by atomic mass is 9.84. The molecule has 0 radical (unpaired) electrons. The van der Waals surface area contributed by atoms with Crippen LogP contribution in [0.25, 0.3) is 0 Å². The highest BCUT2D eigenvalue weighted by molar-refractivity contribution is 5.28. The maximum absolute atomic E-state index is 11.2. The van der Waals surface area contributed by atoms with Crippen LogP contribution in [0.4, 0.5) is 0 Å². The van der Waals surface area contributed by atoms with Crippen LogP contribution in [0.1, 0.15) is 51.1 Å². The second-order valence-corrected chi connectivity index (χ2v) is 6.62. The molecule has 2 bridgehead atoms. The molecule has 122 valence electrons. The van der Waals surface area contributed by atoms with Crippen LogP contribution >= 0.6 is 0 Å². The summed E-state index contributed by atoms with van der Waals surface area (Å²) in [6.45, 7) is 5.54. The van der Waals surface area contributed by atoms with Crippen molar-refractivity contribution >= 4 is 0 Å². The third-order valence-corrected chi connectivity index (χ3v) is 4.96. The molecule has 1 aromatic heterocycles. The first kappa shape index (κ1) is 15.7. The Balaban J connectivity index is 1.71. The number of fused-ring (bicyclic) bond motifs is 2. The van der Waals surface area contributed by atoms with Gasteiger partial charge >= 0.3 is 0 Å². The molecule has 1 aromatic rings. The lowest BCUT2D eigenvalue weighted by Gasteiger charge is -2.29. The minimum absolute atomic E-state index is 0.250. The number of hydrogen-bond acceptors (Lipinski definition) is 5. The maximum atomic E-state index is 11.2. The summed E-state index contributed by atoms with van der Waals surface area (Å²) in [5, 5.41) is 11.2. The molecule has 3 atom stereocenters. The van der Waals surface area contributed by atoms with Crippen LogP contribution in [0, 0.1) is 5.92 Å². The summed E-state index contributed by atoms with van der Waals surface area (Å²) in [6, 6.07) is 0. The quantitative estimate of drug-likeness (QED) is 0.784. The van der Waals surface area contributed by atoms with E-state index >= 15 is 0 Å². The summed E-state index contributed by atoms with van der Waals surface area (Å²) in [7, 11) is 0. The Morgan fingerprint density at radius 3 is 3.00 bits per heavy atom. The van der Waals surface area contributed by atoms with Gasteiger partial charge in [-0.15, -0.1) is 0 Å². The standard InChI is InChI=1S/C17H27N3O2/c1-2-3-4-5-11-22-16-15(18-8-9-19-16)17(21)13-20-10-6-7-14(17)12-20/h8-9,14,21H,2-7,10-13H2,1H3/t14-,17+/m0/s1. The Hall–Kier alpha value is -1.20. The number of aliphatic hydroxyl groups is 1. The number of nitrogens with zero attached hydrogens (tertiary/aromatic N) is 3. The molecule has 0 spiro atoms. The van der Waals surface area contributed by atoms with E-state index in [0.29, 0.717) is 24.7 Å². The highest BCUT2D eigenvalue weighted by Gasteiger charge is 2.50. The summed E-state index contributed by atoms with van der Waals surface area (Å²) >= 11 is 0. The fourth-order valence-corrected chi connectivity index (χ4v) is 3.75. The van der Waals surface area contributed by atoms with Crippen LogP contribution < -0.4 is 4.74 Å². The summed E-state index contributed by atoms with van der Waals surface area (Å²) < 4.78 is 5.86. The normalized spacial score (nSPS) is 30.5. The Morgan fingerprint density at radius 1 is 1.32 bits per heavy atom. The van der Waals surface area contributed by atoms with Gasteiger partial charge in [-0.1, -0.05) is 26.2 Å². The molecule has 3 heterocycles. The highest BCUT2D eigenvalue weighted by Crippen LogP contribution is 2.43. The average Bonchev–Trinajstić information content (AvgIpc) is 2.77. The van der Waals surface area contributed by atoms with Gasteiger partial charge in [-0.05, 0) is 25.8 Å². The van der Waals surface area contributed by atoms with Crippen molar-refractivity contribution in [1.29, 1.82) is 0 Å². The second kappa shape index (κ2) is 6.92. The minimum atomic E-state index is -0.899. The molecule has 22 heavy (non-hydrogen) atoms. The molecule has 2 aliphatic rings. The van der Waals surface area contributed by atoms with Crippen molar-refractivity contribution in [3.63, 3.8) is 0 Å². The van der Waals surface area contributed by atoms with Crippen molar-refractivity contribution in [3.05, 3.63) is 18.1 Å². The van der Waals surface area contributed by atoms with Gasteiger partial charge in [-0.3, -0.25) is 9.88 Å². The van der Waals surface area contributed by atoms with Gasteiger partial charge in [0.05, 0.1) is 6.61 Å². The first-order chi connectivity index (χ1) is 10.7. The summed E-state index contributed by atoms with van der Waals surface area (Å²) in [6.07, 6.45) is 10.2. The van der Waals surface area contributed by atoms with Crippen LogP contribution in [0.3, 0.4) is 0 Å². The zero-order valence-corrected chi connectivity index (χ0v) is 13.5. The minimum Gasteiger partial charge on any atom is -0.476 e. The van der Waals surface area contributed by atoms with Crippen LogP contribution in [-0.2, 0) is 5.60 Å². The van der Waals surface area contributed by atoms with E-state index in [0.717, 1.165) is 32.4 Å². The zero-order valence-electron chi connectivity index (χ0n) is 13.5. The number of unbranched alkanes of at least 4 members (excludes halogenated alkanes) is 3. The lowest BCUT2D eigenvalue weighted by molar-refractivity contribution is 0.00229. The molecule has 3 rings (SSSR count). The van der Waals surface area contributed by atoms with E-state index in [4.69, 9.17) is 4.74 Å². The molecule has 0 saturated carbocycles. The fraction of sp³-hybridized carbons (Fsp3) is 0.765. The molecule has 2 aliphatic heterocycles. The van der Waals surface area contributed by atoms with Crippen molar-refractivity contribution in [1.82, 2.24) is 14.9 Å². The lowest BCUT2D eigenvalue weighted by Crippen LogP contribution is -2.35. The van der Waals surface area contributed by atoms with Crippen molar-refractivity contribution in [3.8, 4) is 5.88 Å². The largest absolute Gasteiger partial charge is 0.476 e.